The largest absolute Gasteiger partial charge is 0.497 e. The van der Waals surface area contributed by atoms with Gasteiger partial charge in [0, 0.05) is 18.8 Å². The lowest BCUT2D eigenvalue weighted by Gasteiger charge is -2.19. The van der Waals surface area contributed by atoms with E-state index in [0.717, 1.165) is 5.69 Å². The minimum absolute atomic E-state index is 0.127. The Hall–Kier alpha value is -2.69. The van der Waals surface area contributed by atoms with E-state index in [2.05, 4.69) is 5.32 Å². The molecular formula is C17H20N2O3. The maximum absolute atomic E-state index is 12.2. The number of para-hydroxylation sites is 1. The fraction of sp³-hybridized carbons (Fsp3) is 0.235. The summed E-state index contributed by atoms with van der Waals surface area (Å²) in [6.07, 6.45) is 0. The molecule has 2 aromatic carbocycles. The molecule has 5 heteroatoms. The maximum atomic E-state index is 12.2. The van der Waals surface area contributed by atoms with Crippen molar-refractivity contribution in [3.8, 4) is 11.5 Å². The Morgan fingerprint density at radius 3 is 2.45 bits per heavy atom. The Labute approximate surface area is 130 Å². The van der Waals surface area contributed by atoms with E-state index in [1.54, 1.807) is 32.4 Å². The molecule has 0 aliphatic rings. The van der Waals surface area contributed by atoms with E-state index in [9.17, 15) is 4.79 Å². The van der Waals surface area contributed by atoms with Crippen molar-refractivity contribution in [3.05, 3.63) is 48.5 Å². The van der Waals surface area contributed by atoms with Crippen molar-refractivity contribution in [1.29, 1.82) is 0 Å². The molecule has 1 amide bonds. The normalized spacial score (nSPS) is 9.95. The molecule has 2 rings (SSSR count). The first kappa shape index (κ1) is 15.7. The Kier molecular flexibility index (Phi) is 5.25. The number of ether oxygens (including phenoxy) is 2. The number of hydrogen-bond acceptors (Lipinski definition) is 4. The van der Waals surface area contributed by atoms with E-state index in [1.165, 1.54) is 0 Å². The van der Waals surface area contributed by atoms with E-state index in [-0.39, 0.29) is 12.5 Å². The number of methoxy groups -OCH3 is 2. The molecule has 0 atom stereocenters. The highest BCUT2D eigenvalue weighted by molar-refractivity contribution is 5.95. The van der Waals surface area contributed by atoms with Gasteiger partial charge in [-0.25, -0.2) is 0 Å². The lowest BCUT2D eigenvalue weighted by atomic mass is 10.2. The quantitative estimate of drug-likeness (QED) is 0.891. The molecule has 0 saturated carbocycles. The van der Waals surface area contributed by atoms with Crippen LogP contribution in [-0.4, -0.2) is 33.7 Å². The molecule has 0 aliphatic heterocycles. The second kappa shape index (κ2) is 7.36. The molecule has 0 radical (unpaired) electrons. The lowest BCUT2D eigenvalue weighted by molar-refractivity contribution is -0.114. The minimum atomic E-state index is -0.127. The monoisotopic (exact) mass is 300 g/mol. The molecule has 22 heavy (non-hydrogen) atoms. The summed E-state index contributed by atoms with van der Waals surface area (Å²) < 4.78 is 10.4. The minimum Gasteiger partial charge on any atom is -0.497 e. The van der Waals surface area contributed by atoms with Crippen LogP contribution in [0.3, 0.4) is 0 Å². The van der Waals surface area contributed by atoms with Gasteiger partial charge in [0.25, 0.3) is 0 Å². The molecule has 0 aliphatic carbocycles. The average Bonchev–Trinajstić information content (AvgIpc) is 2.55. The number of carbonyl (C=O) groups excluding carboxylic acids is 1. The van der Waals surface area contributed by atoms with Gasteiger partial charge in [0.2, 0.25) is 5.91 Å². The van der Waals surface area contributed by atoms with Gasteiger partial charge in [0.05, 0.1) is 26.5 Å². The third-order valence-corrected chi connectivity index (χ3v) is 3.26. The number of rotatable bonds is 6. The van der Waals surface area contributed by atoms with Gasteiger partial charge in [-0.05, 0) is 24.3 Å². The third-order valence-electron chi connectivity index (χ3n) is 3.26. The van der Waals surface area contributed by atoms with Crippen LogP contribution in [0.4, 0.5) is 11.4 Å². The van der Waals surface area contributed by atoms with Crippen LogP contribution in [0.15, 0.2) is 48.5 Å². The number of nitrogens with one attached hydrogen (secondary N) is 1. The number of carbonyl (C=O) groups is 1. The summed E-state index contributed by atoms with van der Waals surface area (Å²) in [7, 11) is 5.02. The number of nitrogens with zero attached hydrogens (tertiary/aromatic N) is 1. The zero-order valence-corrected chi connectivity index (χ0v) is 13.0. The van der Waals surface area contributed by atoms with Crippen molar-refractivity contribution < 1.29 is 14.3 Å². The molecular weight excluding hydrogens is 280 g/mol. The van der Waals surface area contributed by atoms with Gasteiger partial charge >= 0.3 is 0 Å². The summed E-state index contributed by atoms with van der Waals surface area (Å²) in [5.74, 6) is 1.13. The van der Waals surface area contributed by atoms with Crippen molar-refractivity contribution in [2.24, 2.45) is 0 Å². The van der Waals surface area contributed by atoms with E-state index >= 15 is 0 Å². The number of hydrogen-bond donors (Lipinski definition) is 1. The van der Waals surface area contributed by atoms with Crippen molar-refractivity contribution >= 4 is 17.3 Å². The van der Waals surface area contributed by atoms with E-state index in [1.807, 2.05) is 42.3 Å². The topological polar surface area (TPSA) is 50.8 Å². The Morgan fingerprint density at radius 1 is 1.09 bits per heavy atom. The van der Waals surface area contributed by atoms with Gasteiger partial charge in [-0.15, -0.1) is 0 Å². The van der Waals surface area contributed by atoms with Crippen molar-refractivity contribution in [2.75, 3.05) is 38.0 Å². The molecule has 0 aromatic heterocycles. The Bertz CT molecular complexity index is 629. The molecule has 0 saturated heterocycles. The maximum Gasteiger partial charge on any atom is 0.243 e. The summed E-state index contributed by atoms with van der Waals surface area (Å²) in [6.45, 7) is 0.240. The first-order chi connectivity index (χ1) is 10.6. The van der Waals surface area contributed by atoms with Gasteiger partial charge in [0.1, 0.15) is 11.5 Å². The smallest absolute Gasteiger partial charge is 0.243 e. The molecule has 2 aromatic rings. The summed E-state index contributed by atoms with van der Waals surface area (Å²) in [5.41, 5.74) is 1.57. The first-order valence-corrected chi connectivity index (χ1v) is 6.92. The van der Waals surface area contributed by atoms with Gasteiger partial charge in [-0.1, -0.05) is 18.2 Å². The Balaban J connectivity index is 2.05. The van der Waals surface area contributed by atoms with E-state index in [4.69, 9.17) is 9.47 Å². The summed E-state index contributed by atoms with van der Waals surface area (Å²) in [4.78, 5) is 14.1. The fourth-order valence-electron chi connectivity index (χ4n) is 2.09. The second-order valence-corrected chi connectivity index (χ2v) is 4.81. The van der Waals surface area contributed by atoms with Crippen molar-refractivity contribution in [1.82, 2.24) is 0 Å². The van der Waals surface area contributed by atoms with Crippen LogP contribution in [0, 0.1) is 0 Å². The summed E-state index contributed by atoms with van der Waals surface area (Å²) in [6, 6.07) is 15.0. The van der Waals surface area contributed by atoms with Gasteiger partial charge in [-0.2, -0.15) is 0 Å². The van der Waals surface area contributed by atoms with Crippen LogP contribution in [-0.2, 0) is 4.79 Å². The molecule has 1 N–H and O–H groups in total. The van der Waals surface area contributed by atoms with Gasteiger partial charge in [0.15, 0.2) is 0 Å². The molecule has 5 nitrogen and oxygen atoms in total. The van der Waals surface area contributed by atoms with Crippen LogP contribution < -0.4 is 19.7 Å². The molecule has 116 valence electrons. The van der Waals surface area contributed by atoms with Crippen molar-refractivity contribution in [3.63, 3.8) is 0 Å². The van der Waals surface area contributed by atoms with Crippen LogP contribution in [0.2, 0.25) is 0 Å². The molecule has 0 heterocycles. The first-order valence-electron chi connectivity index (χ1n) is 6.92. The second-order valence-electron chi connectivity index (χ2n) is 4.81. The summed E-state index contributed by atoms with van der Waals surface area (Å²) in [5, 5.41) is 2.85. The van der Waals surface area contributed by atoms with Gasteiger partial charge < -0.3 is 19.7 Å². The highest BCUT2D eigenvalue weighted by Gasteiger charge is 2.11. The SMILES string of the molecule is COc1ccc(OC)c(NC(=O)CN(C)c2ccccc2)c1. The van der Waals surface area contributed by atoms with Crippen LogP contribution in [0.1, 0.15) is 0 Å². The lowest BCUT2D eigenvalue weighted by Crippen LogP contribution is -2.30. The molecule has 0 unspecified atom stereocenters. The standard InChI is InChI=1S/C17H20N2O3/c1-19(13-7-5-4-6-8-13)12-17(20)18-15-11-14(21-2)9-10-16(15)22-3/h4-11H,12H2,1-3H3,(H,18,20). The van der Waals surface area contributed by atoms with E-state index < -0.39 is 0 Å². The number of anilines is 2. The number of amides is 1. The molecule has 0 fully saturated rings. The highest BCUT2D eigenvalue weighted by Crippen LogP contribution is 2.28. The number of likely N-dealkylation sites (N-methyl/N-ethyl adjacent to an activating group) is 1. The number of benzene rings is 2. The van der Waals surface area contributed by atoms with Crippen molar-refractivity contribution in [2.45, 2.75) is 0 Å². The van der Waals surface area contributed by atoms with Crippen LogP contribution in [0.5, 0.6) is 11.5 Å². The zero-order valence-electron chi connectivity index (χ0n) is 13.0. The highest BCUT2D eigenvalue weighted by atomic mass is 16.5. The predicted octanol–water partition coefficient (Wildman–Crippen LogP) is 2.78. The Morgan fingerprint density at radius 2 is 1.82 bits per heavy atom. The van der Waals surface area contributed by atoms with Gasteiger partial charge in [-0.3, -0.25) is 4.79 Å². The molecule has 0 spiro atoms. The summed E-state index contributed by atoms with van der Waals surface area (Å²) >= 11 is 0. The third kappa shape index (κ3) is 3.91. The van der Waals surface area contributed by atoms with Crippen LogP contribution in [0.25, 0.3) is 0 Å². The average molecular weight is 300 g/mol. The molecule has 0 bridgehead atoms. The van der Waals surface area contributed by atoms with E-state index in [0.29, 0.717) is 17.2 Å². The predicted molar refractivity (Wildman–Crippen MR) is 87.9 cm³/mol. The van der Waals surface area contributed by atoms with Crippen LogP contribution >= 0.6 is 0 Å². The fourth-order valence-corrected chi connectivity index (χ4v) is 2.09. The zero-order chi connectivity index (χ0) is 15.9.